The molecular formula is C23H22BrNO4. The molecule has 3 aromatic rings. The lowest BCUT2D eigenvalue weighted by Crippen LogP contribution is -2.06. The number of methoxy groups -OCH3 is 1. The highest BCUT2D eigenvalue weighted by Crippen LogP contribution is 2.37. The van der Waals surface area contributed by atoms with Crippen molar-refractivity contribution in [3.8, 4) is 17.2 Å². The van der Waals surface area contributed by atoms with Gasteiger partial charge in [-0.2, -0.15) is 0 Å². The topological polar surface area (TPSA) is 57.7 Å². The van der Waals surface area contributed by atoms with Crippen LogP contribution in [0.4, 0.5) is 0 Å². The first kappa shape index (κ1) is 20.9. The molecule has 1 heterocycles. The Balaban J connectivity index is 1.93. The predicted octanol–water partition coefficient (Wildman–Crippen LogP) is 5.89. The van der Waals surface area contributed by atoms with Crippen molar-refractivity contribution in [3.63, 3.8) is 0 Å². The van der Waals surface area contributed by atoms with E-state index in [9.17, 15) is 4.79 Å². The minimum Gasteiger partial charge on any atom is -0.493 e. The van der Waals surface area contributed by atoms with Crippen LogP contribution in [-0.4, -0.2) is 24.7 Å². The van der Waals surface area contributed by atoms with Crippen LogP contribution in [0.25, 0.3) is 23.1 Å². The normalized spacial score (nSPS) is 11.0. The zero-order valence-corrected chi connectivity index (χ0v) is 18.2. The van der Waals surface area contributed by atoms with Gasteiger partial charge >= 0.3 is 5.97 Å². The van der Waals surface area contributed by atoms with Gasteiger partial charge in [-0.1, -0.05) is 31.2 Å². The quantitative estimate of drug-likeness (QED) is 0.328. The lowest BCUT2D eigenvalue weighted by atomic mass is 10.1. The molecule has 0 aliphatic heterocycles. The first-order valence-electron chi connectivity index (χ1n) is 9.34. The van der Waals surface area contributed by atoms with Gasteiger partial charge in [-0.05, 0) is 58.8 Å². The summed E-state index contributed by atoms with van der Waals surface area (Å²) in [5.74, 6) is 1.51. The van der Waals surface area contributed by atoms with Crippen LogP contribution in [0, 0.1) is 0 Å². The third-order valence-electron chi connectivity index (χ3n) is 4.20. The number of hydrogen-bond donors (Lipinski definition) is 0. The largest absolute Gasteiger partial charge is 0.493 e. The average Bonchev–Trinajstić information content (AvgIpc) is 2.74. The molecule has 1 aromatic heterocycles. The number of para-hydroxylation sites is 1. The minimum atomic E-state index is -0.286. The third kappa shape index (κ3) is 4.95. The van der Waals surface area contributed by atoms with Gasteiger partial charge in [-0.25, -0.2) is 4.98 Å². The van der Waals surface area contributed by atoms with Crippen molar-refractivity contribution >= 4 is 45.0 Å². The van der Waals surface area contributed by atoms with Gasteiger partial charge in [0.1, 0.15) is 5.52 Å². The van der Waals surface area contributed by atoms with Crippen LogP contribution in [0.15, 0.2) is 46.9 Å². The Morgan fingerprint density at radius 1 is 1.10 bits per heavy atom. The first-order valence-corrected chi connectivity index (χ1v) is 10.1. The summed E-state index contributed by atoms with van der Waals surface area (Å²) in [5.41, 5.74) is 2.34. The number of nitrogens with zero attached hydrogens (tertiary/aromatic N) is 1. The molecule has 0 spiro atoms. The number of esters is 1. The molecule has 0 radical (unpaired) electrons. The van der Waals surface area contributed by atoms with E-state index in [0.29, 0.717) is 35.8 Å². The van der Waals surface area contributed by atoms with Crippen molar-refractivity contribution in [3.05, 3.63) is 58.2 Å². The van der Waals surface area contributed by atoms with E-state index in [1.165, 1.54) is 0 Å². The summed E-state index contributed by atoms with van der Waals surface area (Å²) < 4.78 is 17.3. The van der Waals surface area contributed by atoms with E-state index in [0.717, 1.165) is 21.1 Å². The monoisotopic (exact) mass is 455 g/mol. The molecule has 29 heavy (non-hydrogen) atoms. The van der Waals surface area contributed by atoms with Gasteiger partial charge < -0.3 is 14.2 Å². The van der Waals surface area contributed by atoms with E-state index >= 15 is 0 Å². The first-order chi connectivity index (χ1) is 14.0. The maximum atomic E-state index is 11.7. The molecule has 150 valence electrons. The van der Waals surface area contributed by atoms with Crippen LogP contribution in [0.3, 0.4) is 0 Å². The maximum absolute atomic E-state index is 11.7. The van der Waals surface area contributed by atoms with Crippen LogP contribution in [0.5, 0.6) is 17.2 Å². The molecule has 2 aromatic carbocycles. The Kier molecular flexibility index (Phi) is 6.88. The van der Waals surface area contributed by atoms with E-state index in [4.69, 9.17) is 14.2 Å². The Morgan fingerprint density at radius 3 is 2.66 bits per heavy atom. The van der Waals surface area contributed by atoms with E-state index in [1.807, 2.05) is 55.5 Å². The fourth-order valence-corrected chi connectivity index (χ4v) is 3.38. The highest BCUT2D eigenvalue weighted by atomic mass is 79.9. The number of rotatable bonds is 7. The number of pyridine rings is 1. The number of ether oxygens (including phenoxy) is 3. The Hall–Kier alpha value is -2.86. The SMILES string of the molecule is CCOc1c(Br)cc(C=Cc2ccc3cccc(OC(=O)CC)c3n2)cc1OC. The summed E-state index contributed by atoms with van der Waals surface area (Å²) in [5, 5.41) is 0.911. The molecule has 0 amide bonds. The summed E-state index contributed by atoms with van der Waals surface area (Å²) >= 11 is 3.53. The maximum Gasteiger partial charge on any atom is 0.310 e. The second-order valence-corrected chi connectivity index (χ2v) is 7.05. The molecule has 0 aliphatic rings. The second-order valence-electron chi connectivity index (χ2n) is 6.19. The fourth-order valence-electron chi connectivity index (χ4n) is 2.81. The van der Waals surface area contributed by atoms with E-state index in [1.54, 1.807) is 20.1 Å². The number of benzene rings is 2. The molecule has 0 atom stereocenters. The molecule has 5 nitrogen and oxygen atoms in total. The van der Waals surface area contributed by atoms with Gasteiger partial charge in [0, 0.05) is 11.8 Å². The van der Waals surface area contributed by atoms with Gasteiger partial charge in [-0.15, -0.1) is 0 Å². The van der Waals surface area contributed by atoms with Crippen molar-refractivity contribution in [2.24, 2.45) is 0 Å². The molecule has 0 aliphatic carbocycles. The summed E-state index contributed by atoms with van der Waals surface area (Å²) in [4.78, 5) is 16.4. The van der Waals surface area contributed by atoms with Gasteiger partial charge in [-0.3, -0.25) is 4.79 Å². The van der Waals surface area contributed by atoms with E-state index in [2.05, 4.69) is 20.9 Å². The number of halogens is 1. The summed E-state index contributed by atoms with van der Waals surface area (Å²) in [7, 11) is 1.61. The standard InChI is InChI=1S/C23H22BrNO4/c1-4-21(26)29-19-8-6-7-16-10-12-17(25-22(16)19)11-9-15-13-18(24)23(28-5-2)20(14-15)27-3/h6-14H,4-5H2,1-3H3. The fraction of sp³-hybridized carbons (Fsp3) is 0.217. The van der Waals surface area contributed by atoms with Gasteiger partial charge in [0.25, 0.3) is 0 Å². The van der Waals surface area contributed by atoms with E-state index in [-0.39, 0.29) is 5.97 Å². The molecule has 3 rings (SSSR count). The van der Waals surface area contributed by atoms with Crippen molar-refractivity contribution in [2.45, 2.75) is 20.3 Å². The number of fused-ring (bicyclic) bond motifs is 1. The van der Waals surface area contributed by atoms with E-state index < -0.39 is 0 Å². The Bertz CT molecular complexity index is 1060. The number of carbonyl (C=O) groups is 1. The molecule has 0 unspecified atom stereocenters. The molecule has 0 saturated carbocycles. The van der Waals surface area contributed by atoms with Crippen LogP contribution in [0.2, 0.25) is 0 Å². The number of aromatic nitrogens is 1. The van der Waals surface area contributed by atoms with Crippen LogP contribution < -0.4 is 14.2 Å². The zero-order valence-electron chi connectivity index (χ0n) is 16.6. The smallest absolute Gasteiger partial charge is 0.310 e. The second kappa shape index (κ2) is 9.56. The lowest BCUT2D eigenvalue weighted by Gasteiger charge is -2.12. The minimum absolute atomic E-state index is 0.286. The molecule has 0 N–H and O–H groups in total. The summed E-state index contributed by atoms with van der Waals surface area (Å²) in [6.07, 6.45) is 4.15. The van der Waals surface area contributed by atoms with Gasteiger partial charge in [0.2, 0.25) is 0 Å². The molecule has 0 saturated heterocycles. The van der Waals surface area contributed by atoms with Crippen molar-refractivity contribution in [1.82, 2.24) is 4.98 Å². The number of hydrogen-bond acceptors (Lipinski definition) is 5. The molecule has 0 fully saturated rings. The molecule has 0 bridgehead atoms. The average molecular weight is 456 g/mol. The summed E-state index contributed by atoms with van der Waals surface area (Å²) in [6.45, 7) is 4.24. The van der Waals surface area contributed by atoms with Crippen LogP contribution in [-0.2, 0) is 4.79 Å². The Labute approximate surface area is 178 Å². The zero-order chi connectivity index (χ0) is 20.8. The highest BCUT2D eigenvalue weighted by Gasteiger charge is 2.11. The lowest BCUT2D eigenvalue weighted by molar-refractivity contribution is -0.133. The summed E-state index contributed by atoms with van der Waals surface area (Å²) in [6, 6.07) is 13.3. The molecule has 6 heteroatoms. The number of carbonyl (C=O) groups excluding carboxylic acids is 1. The van der Waals surface area contributed by atoms with Crippen LogP contribution in [0.1, 0.15) is 31.5 Å². The van der Waals surface area contributed by atoms with Crippen molar-refractivity contribution in [1.29, 1.82) is 0 Å². The highest BCUT2D eigenvalue weighted by molar-refractivity contribution is 9.10. The van der Waals surface area contributed by atoms with Gasteiger partial charge in [0.05, 0.1) is 23.9 Å². The third-order valence-corrected chi connectivity index (χ3v) is 4.79. The van der Waals surface area contributed by atoms with Crippen molar-refractivity contribution < 1.29 is 19.0 Å². The Morgan fingerprint density at radius 2 is 1.93 bits per heavy atom. The predicted molar refractivity (Wildman–Crippen MR) is 118 cm³/mol. The van der Waals surface area contributed by atoms with Crippen molar-refractivity contribution in [2.75, 3.05) is 13.7 Å². The molecular weight excluding hydrogens is 434 g/mol. The van der Waals surface area contributed by atoms with Gasteiger partial charge in [0.15, 0.2) is 17.2 Å². The van der Waals surface area contributed by atoms with Crippen LogP contribution >= 0.6 is 15.9 Å².